The summed E-state index contributed by atoms with van der Waals surface area (Å²) in [6.07, 6.45) is 1.40. The topological polar surface area (TPSA) is 107 Å². The summed E-state index contributed by atoms with van der Waals surface area (Å²) in [6.45, 7) is 1.00. The molecule has 8 nitrogen and oxygen atoms in total. The molecule has 184 valence electrons. The molecule has 0 unspecified atom stereocenters. The number of nitrogens with two attached hydrogens (primary N) is 2. The van der Waals surface area contributed by atoms with Crippen LogP contribution in [0.1, 0.15) is 12.8 Å². The van der Waals surface area contributed by atoms with Crippen molar-refractivity contribution in [3.63, 3.8) is 0 Å². The Bertz CT molecular complexity index is 728. The summed E-state index contributed by atoms with van der Waals surface area (Å²) < 4.78 is 37.9. The predicted molar refractivity (Wildman–Crippen MR) is 137 cm³/mol. The average Bonchev–Trinajstić information content (AvgIpc) is 2.89. The quantitative estimate of drug-likeness (QED) is 0.327. The molecule has 0 aromatic heterocycles. The summed E-state index contributed by atoms with van der Waals surface area (Å²) in [5.74, 6) is 0. The van der Waals surface area contributed by atoms with Gasteiger partial charge in [-0.25, -0.2) is 0 Å². The Balaban J connectivity index is 2.76. The molecule has 0 amide bonds. The summed E-state index contributed by atoms with van der Waals surface area (Å²) in [6, 6.07) is 21.0. The van der Waals surface area contributed by atoms with E-state index >= 15 is 0 Å². The molecule has 2 aromatic carbocycles. The van der Waals surface area contributed by atoms with E-state index in [1.54, 1.807) is 28.4 Å². The molecule has 0 saturated heterocycles. The molecule has 2 aromatic rings. The minimum Gasteiger partial charge on any atom is -0.387 e. The zero-order chi connectivity index (χ0) is 24.2. The number of hydrogen-bond donors (Lipinski definition) is 2. The summed E-state index contributed by atoms with van der Waals surface area (Å²) in [7, 11) is -3.35. The molecule has 0 atom stereocenters. The van der Waals surface area contributed by atoms with Crippen molar-refractivity contribution >= 4 is 36.5 Å². The molecule has 4 N–H and O–H groups in total. The van der Waals surface area contributed by atoms with Gasteiger partial charge in [-0.2, -0.15) is 0 Å². The van der Waals surface area contributed by atoms with E-state index in [4.69, 9.17) is 37.4 Å². The van der Waals surface area contributed by atoms with E-state index in [0.29, 0.717) is 38.0 Å². The zero-order valence-electron chi connectivity index (χ0n) is 20.1. The molecule has 0 aliphatic carbocycles. The predicted octanol–water partition coefficient (Wildman–Crippen LogP) is 1.44. The van der Waals surface area contributed by atoms with Crippen LogP contribution in [-0.2, 0) is 25.9 Å². The fourth-order valence-corrected chi connectivity index (χ4v) is 15.8. The standard InChI is InChI=1S/C22H38N2O6Si3/c1-25-31(26-2,19-11-17-23)29-33(21-13-7-5-8-14-21,22-15-9-6-10-16-22)30-32(27-3,28-4)20-12-18-24/h5-10,13-16H,11-12,17-20,23-24H2,1-4H3. The summed E-state index contributed by atoms with van der Waals surface area (Å²) in [5, 5.41) is 1.82. The highest BCUT2D eigenvalue weighted by atomic mass is 28.5. The smallest absolute Gasteiger partial charge is 0.387 e. The third kappa shape index (κ3) is 6.90. The summed E-state index contributed by atoms with van der Waals surface area (Å²) in [4.78, 5) is 0. The summed E-state index contributed by atoms with van der Waals surface area (Å²) in [5.41, 5.74) is 11.6. The van der Waals surface area contributed by atoms with Crippen LogP contribution in [0.15, 0.2) is 60.7 Å². The molecule has 11 heteroatoms. The second-order valence-corrected chi connectivity index (χ2v) is 16.9. The molecule has 0 aliphatic rings. The van der Waals surface area contributed by atoms with Crippen LogP contribution in [-0.4, -0.2) is 67.7 Å². The second-order valence-electron chi connectivity index (χ2n) is 7.52. The third-order valence-corrected chi connectivity index (χ3v) is 16.9. The van der Waals surface area contributed by atoms with Gasteiger partial charge < -0.3 is 37.4 Å². The molecule has 0 bridgehead atoms. The van der Waals surface area contributed by atoms with Crippen LogP contribution in [0.25, 0.3) is 0 Å². The maximum Gasteiger partial charge on any atom is 0.491 e. The maximum atomic E-state index is 7.04. The van der Waals surface area contributed by atoms with Crippen LogP contribution in [0, 0.1) is 0 Å². The lowest BCUT2D eigenvalue weighted by molar-refractivity contribution is 0.120. The molecule has 2 rings (SSSR count). The Kier molecular flexibility index (Phi) is 11.5. The molecule has 0 heterocycles. The molecule has 0 aliphatic heterocycles. The Labute approximate surface area is 201 Å². The van der Waals surface area contributed by atoms with E-state index in [1.165, 1.54) is 0 Å². The Morgan fingerprint density at radius 3 is 1.18 bits per heavy atom. The Morgan fingerprint density at radius 1 is 0.576 bits per heavy atom. The van der Waals surface area contributed by atoms with Gasteiger partial charge in [0.15, 0.2) is 0 Å². The van der Waals surface area contributed by atoms with Crippen LogP contribution in [0.4, 0.5) is 0 Å². The monoisotopic (exact) mass is 510 g/mol. The van der Waals surface area contributed by atoms with Crippen molar-refractivity contribution in [3.05, 3.63) is 60.7 Å². The fourth-order valence-electron chi connectivity index (χ4n) is 3.66. The van der Waals surface area contributed by atoms with Crippen molar-refractivity contribution in [2.75, 3.05) is 41.5 Å². The van der Waals surface area contributed by atoms with E-state index in [9.17, 15) is 0 Å². The first-order chi connectivity index (χ1) is 16.0. The third-order valence-electron chi connectivity index (χ3n) is 5.52. The van der Waals surface area contributed by atoms with Gasteiger partial charge in [0.25, 0.3) is 0 Å². The summed E-state index contributed by atoms with van der Waals surface area (Å²) >= 11 is 0. The van der Waals surface area contributed by atoms with Crippen molar-refractivity contribution < 1.29 is 25.9 Å². The Morgan fingerprint density at radius 2 is 0.909 bits per heavy atom. The largest absolute Gasteiger partial charge is 0.491 e. The highest BCUT2D eigenvalue weighted by molar-refractivity contribution is 7.00. The van der Waals surface area contributed by atoms with E-state index in [0.717, 1.165) is 10.4 Å². The van der Waals surface area contributed by atoms with Gasteiger partial charge in [-0.15, -0.1) is 0 Å². The fraction of sp³-hybridized carbons (Fsp3) is 0.455. The first kappa shape index (κ1) is 28.0. The molecule has 0 fully saturated rings. The molecular weight excluding hydrogens is 473 g/mol. The lowest BCUT2D eigenvalue weighted by Gasteiger charge is -2.42. The minimum absolute atomic E-state index is 0.502. The van der Waals surface area contributed by atoms with E-state index in [1.807, 2.05) is 60.7 Å². The molecule has 0 saturated carbocycles. The lowest BCUT2D eigenvalue weighted by atomic mass is 10.4. The van der Waals surface area contributed by atoms with Gasteiger partial charge in [0.05, 0.1) is 0 Å². The Hall–Kier alpha value is -1.23. The molecular formula is C22H38N2O6Si3. The van der Waals surface area contributed by atoms with E-state index < -0.39 is 26.2 Å². The number of hydrogen-bond acceptors (Lipinski definition) is 8. The van der Waals surface area contributed by atoms with Crippen LogP contribution in [0.3, 0.4) is 0 Å². The molecule has 0 spiro atoms. The number of rotatable bonds is 16. The first-order valence-corrected chi connectivity index (χ1v) is 16.8. The van der Waals surface area contributed by atoms with Gasteiger partial charge in [-0.1, -0.05) is 60.7 Å². The minimum atomic E-state index is -3.46. The highest BCUT2D eigenvalue weighted by Gasteiger charge is 2.58. The molecule has 0 radical (unpaired) electrons. The van der Waals surface area contributed by atoms with Crippen molar-refractivity contribution in [2.24, 2.45) is 11.5 Å². The van der Waals surface area contributed by atoms with Crippen LogP contribution < -0.4 is 21.8 Å². The zero-order valence-corrected chi connectivity index (χ0v) is 23.1. The van der Waals surface area contributed by atoms with Gasteiger partial charge in [-0.3, -0.25) is 0 Å². The second kappa shape index (κ2) is 13.6. The maximum absolute atomic E-state index is 7.04. The van der Waals surface area contributed by atoms with Crippen LogP contribution in [0.5, 0.6) is 0 Å². The van der Waals surface area contributed by atoms with Crippen LogP contribution in [0.2, 0.25) is 12.1 Å². The van der Waals surface area contributed by atoms with E-state index in [2.05, 4.69) is 0 Å². The number of benzene rings is 2. The van der Waals surface area contributed by atoms with Crippen molar-refractivity contribution in [1.29, 1.82) is 0 Å². The van der Waals surface area contributed by atoms with Crippen molar-refractivity contribution in [2.45, 2.75) is 24.9 Å². The SMILES string of the molecule is CO[Si](CCCN)(OC)O[Si](O[Si](CCCN)(OC)OC)(c1ccccc1)c1ccccc1. The van der Waals surface area contributed by atoms with Crippen molar-refractivity contribution in [3.8, 4) is 0 Å². The van der Waals surface area contributed by atoms with Gasteiger partial charge in [0.1, 0.15) is 0 Å². The van der Waals surface area contributed by atoms with E-state index in [-0.39, 0.29) is 0 Å². The molecule has 33 heavy (non-hydrogen) atoms. The van der Waals surface area contributed by atoms with Crippen molar-refractivity contribution in [1.82, 2.24) is 0 Å². The van der Waals surface area contributed by atoms with Crippen LogP contribution >= 0.6 is 0 Å². The first-order valence-electron chi connectivity index (χ1n) is 11.1. The highest BCUT2D eigenvalue weighted by Crippen LogP contribution is 2.28. The van der Waals surface area contributed by atoms with Gasteiger partial charge in [-0.05, 0) is 36.3 Å². The lowest BCUT2D eigenvalue weighted by Crippen LogP contribution is -2.73. The normalized spacial score (nSPS) is 12.8. The van der Waals surface area contributed by atoms with Gasteiger partial charge in [0.2, 0.25) is 0 Å². The van der Waals surface area contributed by atoms with Gasteiger partial charge in [0, 0.05) is 40.5 Å². The average molecular weight is 511 g/mol. The van der Waals surface area contributed by atoms with Gasteiger partial charge >= 0.3 is 26.2 Å².